The van der Waals surface area contributed by atoms with E-state index >= 15 is 0 Å². The minimum Gasteiger partial charge on any atom is -0.201 e. The van der Waals surface area contributed by atoms with Gasteiger partial charge in [0.15, 0.2) is 6.20 Å². The summed E-state index contributed by atoms with van der Waals surface area (Å²) in [6, 6.07) is 24.4. The van der Waals surface area contributed by atoms with Crippen LogP contribution in [-0.4, -0.2) is 0 Å². The first-order valence-corrected chi connectivity index (χ1v) is 14.0. The van der Waals surface area contributed by atoms with E-state index in [-0.39, 0.29) is 0 Å². The molecular formula is C35H40N+. The van der Waals surface area contributed by atoms with E-state index in [2.05, 4.69) is 91.5 Å². The van der Waals surface area contributed by atoms with Crippen molar-refractivity contribution < 1.29 is 7.31 Å². The largest absolute Gasteiger partial charge is 0.213 e. The summed E-state index contributed by atoms with van der Waals surface area (Å²) in [5, 5.41) is 2.42. The number of fused-ring (bicyclic) bond motifs is 1. The molecule has 2 aliphatic rings. The molecule has 0 aliphatic heterocycles. The van der Waals surface area contributed by atoms with Crippen LogP contribution in [0.4, 0.5) is 0 Å². The fraction of sp³-hybridized carbons (Fsp3) is 0.400. The summed E-state index contributed by atoms with van der Waals surface area (Å²) in [7, 11) is 2.13. The van der Waals surface area contributed by atoms with Crippen molar-refractivity contribution >= 4 is 10.8 Å². The summed E-state index contributed by atoms with van der Waals surface area (Å²) in [6.07, 6.45) is 13.1. The highest BCUT2D eigenvalue weighted by atomic mass is 14.9. The molecule has 0 saturated heterocycles. The Morgan fingerprint density at radius 1 is 0.694 bits per heavy atom. The molecule has 0 unspecified atom stereocenters. The molecule has 6 rings (SSSR count). The van der Waals surface area contributed by atoms with Gasteiger partial charge in [-0.05, 0) is 89.6 Å². The minimum absolute atomic E-state index is 0.437. The molecule has 184 valence electrons. The SMILES string of the molecule is [2H]C1(c2ccc3cc(-c4cc(-c5ccccc5C)[n+](C)cc4C4([2H])CCCCC4)ccc3c2)CCCCC1. The van der Waals surface area contributed by atoms with E-state index in [0.717, 1.165) is 56.9 Å². The first kappa shape index (κ1) is 21.2. The van der Waals surface area contributed by atoms with Crippen LogP contribution in [0.2, 0.25) is 0 Å². The van der Waals surface area contributed by atoms with Crippen LogP contribution >= 0.6 is 0 Å². The Labute approximate surface area is 220 Å². The highest BCUT2D eigenvalue weighted by Gasteiger charge is 2.25. The van der Waals surface area contributed by atoms with Gasteiger partial charge < -0.3 is 0 Å². The zero-order valence-corrected chi connectivity index (χ0v) is 21.9. The topological polar surface area (TPSA) is 3.88 Å². The van der Waals surface area contributed by atoms with Crippen molar-refractivity contribution in [2.75, 3.05) is 0 Å². The molecule has 2 fully saturated rings. The quantitative estimate of drug-likeness (QED) is 0.258. The maximum Gasteiger partial charge on any atom is 0.213 e. The highest BCUT2D eigenvalue weighted by Crippen LogP contribution is 2.40. The zero-order chi connectivity index (χ0) is 26.3. The second-order valence-electron chi connectivity index (χ2n) is 11.0. The Kier molecular flexibility index (Phi) is 6.01. The van der Waals surface area contributed by atoms with Crippen LogP contribution in [0.5, 0.6) is 0 Å². The number of hydrogen-bond acceptors (Lipinski definition) is 0. The first-order valence-electron chi connectivity index (χ1n) is 15.0. The van der Waals surface area contributed by atoms with Crippen molar-refractivity contribution in [3.05, 3.63) is 89.6 Å². The molecule has 0 N–H and O–H groups in total. The third kappa shape index (κ3) is 4.61. The standard InChI is InChI=1S/C35H40N/c1-25-11-9-10-16-32(25)35-23-33(34(24-36(35)2)27-14-7-4-8-15-27)31-20-19-29-21-28(17-18-30(29)22-31)26-12-5-3-6-13-26/h9-11,16-24,26-27H,3-8,12-15H2,1-2H3/q+1/i26D,27D. The van der Waals surface area contributed by atoms with Gasteiger partial charge in [0.2, 0.25) is 5.69 Å². The van der Waals surface area contributed by atoms with E-state index in [1.807, 2.05) is 0 Å². The molecule has 1 aromatic heterocycles. The second-order valence-corrected chi connectivity index (χ2v) is 11.0. The third-order valence-electron chi connectivity index (χ3n) is 8.55. The molecule has 1 heteroatoms. The van der Waals surface area contributed by atoms with Crippen LogP contribution in [0, 0.1) is 6.92 Å². The van der Waals surface area contributed by atoms with Crippen LogP contribution < -0.4 is 4.57 Å². The zero-order valence-electron chi connectivity index (χ0n) is 23.9. The van der Waals surface area contributed by atoms with Crippen molar-refractivity contribution in [3.8, 4) is 22.4 Å². The van der Waals surface area contributed by atoms with Gasteiger partial charge >= 0.3 is 0 Å². The number of rotatable bonds is 4. The maximum atomic E-state index is 9.56. The Balaban J connectivity index is 1.49. The molecule has 0 radical (unpaired) electrons. The number of aromatic nitrogens is 1. The van der Waals surface area contributed by atoms with Crippen LogP contribution in [-0.2, 0) is 7.05 Å². The third-order valence-corrected chi connectivity index (χ3v) is 8.55. The highest BCUT2D eigenvalue weighted by molar-refractivity contribution is 5.89. The lowest BCUT2D eigenvalue weighted by Crippen LogP contribution is -2.32. The average Bonchev–Trinajstić information content (AvgIpc) is 2.93. The van der Waals surface area contributed by atoms with Gasteiger partial charge in [-0.2, -0.15) is 0 Å². The van der Waals surface area contributed by atoms with Crippen molar-refractivity contribution in [2.45, 2.75) is 82.9 Å². The Morgan fingerprint density at radius 3 is 2.11 bits per heavy atom. The van der Waals surface area contributed by atoms with Crippen LogP contribution in [0.3, 0.4) is 0 Å². The molecule has 2 saturated carbocycles. The van der Waals surface area contributed by atoms with Crippen LogP contribution in [0.15, 0.2) is 72.9 Å². The van der Waals surface area contributed by atoms with Gasteiger partial charge in [0.1, 0.15) is 7.05 Å². The van der Waals surface area contributed by atoms with Gasteiger partial charge in [0.05, 0.1) is 0 Å². The number of pyridine rings is 1. The fourth-order valence-corrected chi connectivity index (χ4v) is 6.45. The van der Waals surface area contributed by atoms with Crippen molar-refractivity contribution in [1.29, 1.82) is 0 Å². The summed E-state index contributed by atoms with van der Waals surface area (Å²) < 4.78 is 20.9. The summed E-state index contributed by atoms with van der Waals surface area (Å²) in [5.74, 6) is -0.986. The maximum absolute atomic E-state index is 9.56. The Morgan fingerprint density at radius 2 is 1.36 bits per heavy atom. The van der Waals surface area contributed by atoms with Gasteiger partial charge in [0.25, 0.3) is 0 Å². The second kappa shape index (κ2) is 10.2. The normalized spacial score (nSPS) is 20.1. The van der Waals surface area contributed by atoms with Gasteiger partial charge in [-0.25, -0.2) is 4.57 Å². The van der Waals surface area contributed by atoms with E-state index < -0.39 is 11.8 Å². The molecule has 4 aromatic rings. The summed E-state index contributed by atoms with van der Waals surface area (Å²) in [6.45, 7) is 2.18. The average molecular weight is 477 g/mol. The molecule has 1 heterocycles. The lowest BCUT2D eigenvalue weighted by molar-refractivity contribution is -0.660. The molecule has 0 atom stereocenters. The van der Waals surface area contributed by atoms with Crippen LogP contribution in [0.25, 0.3) is 33.2 Å². The Hall–Kier alpha value is -2.93. The number of aryl methyl sites for hydroxylation is 2. The molecule has 3 aromatic carbocycles. The summed E-state index contributed by atoms with van der Waals surface area (Å²) in [5.41, 5.74) is 8.38. The van der Waals surface area contributed by atoms with Crippen molar-refractivity contribution in [1.82, 2.24) is 0 Å². The number of hydrogen-bond donors (Lipinski definition) is 0. The fourth-order valence-electron chi connectivity index (χ4n) is 6.45. The lowest BCUT2D eigenvalue weighted by Gasteiger charge is -2.24. The summed E-state index contributed by atoms with van der Waals surface area (Å²) >= 11 is 0. The molecular weight excluding hydrogens is 434 g/mol. The van der Waals surface area contributed by atoms with E-state index in [0.29, 0.717) is 0 Å². The first-order chi connectivity index (χ1) is 18.4. The number of nitrogens with zero attached hydrogens (tertiary/aromatic N) is 1. The van der Waals surface area contributed by atoms with Gasteiger partial charge in [0, 0.05) is 19.9 Å². The smallest absolute Gasteiger partial charge is 0.201 e. The number of benzene rings is 3. The molecule has 0 amide bonds. The van der Waals surface area contributed by atoms with E-state index in [4.69, 9.17) is 1.37 Å². The molecule has 2 aliphatic carbocycles. The van der Waals surface area contributed by atoms with E-state index in [9.17, 15) is 1.37 Å². The predicted molar refractivity (Wildman–Crippen MR) is 152 cm³/mol. The van der Waals surface area contributed by atoms with E-state index in [1.54, 1.807) is 0 Å². The van der Waals surface area contributed by atoms with Crippen LogP contribution in [0.1, 0.15) is 95.4 Å². The molecule has 0 spiro atoms. The Bertz CT molecular complexity index is 1480. The van der Waals surface area contributed by atoms with Gasteiger partial charge in [-0.1, -0.05) is 87.1 Å². The predicted octanol–water partition coefficient (Wildman–Crippen LogP) is 9.40. The lowest BCUT2D eigenvalue weighted by atomic mass is 9.80. The van der Waals surface area contributed by atoms with Crippen molar-refractivity contribution in [2.24, 2.45) is 7.05 Å². The summed E-state index contributed by atoms with van der Waals surface area (Å²) in [4.78, 5) is 0. The minimum atomic E-state index is -0.549. The monoisotopic (exact) mass is 476 g/mol. The molecule has 36 heavy (non-hydrogen) atoms. The molecule has 1 nitrogen and oxygen atoms in total. The van der Waals surface area contributed by atoms with Gasteiger partial charge in [-0.15, -0.1) is 0 Å². The van der Waals surface area contributed by atoms with Gasteiger partial charge in [-0.3, -0.25) is 0 Å². The van der Waals surface area contributed by atoms with E-state index in [1.165, 1.54) is 57.1 Å². The van der Waals surface area contributed by atoms with Crippen molar-refractivity contribution in [3.63, 3.8) is 0 Å². The molecule has 0 bridgehead atoms.